The molecule has 0 fully saturated rings. The van der Waals surface area contributed by atoms with E-state index in [-0.39, 0.29) is 0 Å². The third kappa shape index (κ3) is 4.58. The molecule has 0 saturated heterocycles. The minimum absolute atomic E-state index is 0.588. The molecule has 0 atom stereocenters. The van der Waals surface area contributed by atoms with Crippen molar-refractivity contribution in [1.82, 2.24) is 24.1 Å². The average molecular weight is 714 g/mol. The fourth-order valence-electron chi connectivity index (χ4n) is 8.79. The van der Waals surface area contributed by atoms with Crippen molar-refractivity contribution in [3.05, 3.63) is 188 Å². The molecule has 0 aliphatic heterocycles. The number of hydrogen-bond acceptors (Lipinski definition) is 3. The zero-order valence-corrected chi connectivity index (χ0v) is 30.1. The van der Waals surface area contributed by atoms with Gasteiger partial charge in [0.1, 0.15) is 0 Å². The molecule has 0 spiro atoms. The SMILES string of the molecule is c1ccc(-c2nc(-c3ccccc3)nc(-n3c4ccccc4c4cc(-c5ccc6c7c5ccc5cccc(c57)n6-c5ccc6ccccc6c5)ccc43)n2)cc1. The highest BCUT2D eigenvalue weighted by Crippen LogP contribution is 2.44. The predicted octanol–water partition coefficient (Wildman–Crippen LogP) is 12.8. The van der Waals surface area contributed by atoms with E-state index in [1.54, 1.807) is 0 Å². The molecule has 0 aliphatic rings. The van der Waals surface area contributed by atoms with E-state index >= 15 is 0 Å². The van der Waals surface area contributed by atoms with Crippen LogP contribution in [0.1, 0.15) is 0 Å². The lowest BCUT2D eigenvalue weighted by atomic mass is 9.94. The molecule has 9 aromatic carbocycles. The van der Waals surface area contributed by atoms with E-state index in [9.17, 15) is 0 Å². The Morgan fingerprint density at radius 3 is 1.75 bits per heavy atom. The van der Waals surface area contributed by atoms with Gasteiger partial charge in [0.25, 0.3) is 0 Å². The van der Waals surface area contributed by atoms with Crippen LogP contribution >= 0.6 is 0 Å². The van der Waals surface area contributed by atoms with Crippen LogP contribution in [0.15, 0.2) is 188 Å². The van der Waals surface area contributed by atoms with E-state index in [1.807, 2.05) is 60.7 Å². The number of fused-ring (bicyclic) bond motifs is 4. The van der Waals surface area contributed by atoms with Crippen LogP contribution in [-0.2, 0) is 0 Å². The van der Waals surface area contributed by atoms with Gasteiger partial charge < -0.3 is 4.57 Å². The molecule has 0 radical (unpaired) electrons. The Balaban J connectivity index is 1.07. The van der Waals surface area contributed by atoms with Gasteiger partial charge in [0.15, 0.2) is 11.6 Å². The first-order valence-corrected chi connectivity index (χ1v) is 19.0. The van der Waals surface area contributed by atoms with Gasteiger partial charge in [-0.15, -0.1) is 0 Å². The molecule has 3 aromatic heterocycles. The molecule has 0 bridgehead atoms. The Bertz CT molecular complexity index is 3410. The summed E-state index contributed by atoms with van der Waals surface area (Å²) in [6.45, 7) is 0. The van der Waals surface area contributed by atoms with Gasteiger partial charge in [-0.1, -0.05) is 146 Å². The van der Waals surface area contributed by atoms with E-state index in [2.05, 4.69) is 137 Å². The van der Waals surface area contributed by atoms with Crippen molar-refractivity contribution in [2.75, 3.05) is 0 Å². The molecular formula is C51H31N5. The molecule has 0 N–H and O–H groups in total. The molecular weight excluding hydrogens is 683 g/mol. The van der Waals surface area contributed by atoms with Gasteiger partial charge in [0.05, 0.1) is 22.1 Å². The number of rotatable bonds is 5. The van der Waals surface area contributed by atoms with Crippen LogP contribution in [-0.4, -0.2) is 24.1 Å². The highest BCUT2D eigenvalue weighted by Gasteiger charge is 2.21. The van der Waals surface area contributed by atoms with Crippen LogP contribution in [0.2, 0.25) is 0 Å². The maximum absolute atomic E-state index is 5.12. The second kappa shape index (κ2) is 11.9. The van der Waals surface area contributed by atoms with E-state index in [0.29, 0.717) is 17.6 Å². The Morgan fingerprint density at radius 2 is 0.946 bits per heavy atom. The molecule has 12 aromatic rings. The number of para-hydroxylation sites is 1. The van der Waals surface area contributed by atoms with Gasteiger partial charge in [-0.05, 0) is 75.1 Å². The van der Waals surface area contributed by atoms with Crippen molar-refractivity contribution < 1.29 is 0 Å². The zero-order valence-electron chi connectivity index (χ0n) is 30.1. The van der Waals surface area contributed by atoms with Gasteiger partial charge in [-0.25, -0.2) is 4.98 Å². The quantitative estimate of drug-likeness (QED) is 0.167. The van der Waals surface area contributed by atoms with Crippen molar-refractivity contribution in [1.29, 1.82) is 0 Å². The smallest absolute Gasteiger partial charge is 0.238 e. The van der Waals surface area contributed by atoms with Crippen LogP contribution in [0.5, 0.6) is 0 Å². The van der Waals surface area contributed by atoms with E-state index < -0.39 is 0 Å². The lowest BCUT2D eigenvalue weighted by Crippen LogP contribution is -2.06. The lowest BCUT2D eigenvalue weighted by molar-refractivity contribution is 0.953. The predicted molar refractivity (Wildman–Crippen MR) is 231 cm³/mol. The van der Waals surface area contributed by atoms with Crippen LogP contribution in [0.4, 0.5) is 0 Å². The number of benzene rings is 9. The Hall–Kier alpha value is -7.63. The topological polar surface area (TPSA) is 48.5 Å². The molecule has 3 heterocycles. The number of aromatic nitrogens is 5. The maximum Gasteiger partial charge on any atom is 0.238 e. The summed E-state index contributed by atoms with van der Waals surface area (Å²) in [6.07, 6.45) is 0. The standard InChI is InChI=1S/C51H31N5/c1-3-13-34(14-4-1)49-52-50(35-15-5-2-6-16-35)54-51(53-49)56-43-20-10-9-19-40(43)42-31-37(24-28-44(42)56)39-27-29-46-48-41(39)26-23-33-18-11-21-45(47(33)48)55(46)38-25-22-32-12-7-8-17-36(32)30-38/h1-31H. The first kappa shape index (κ1) is 30.8. The van der Waals surface area contributed by atoms with Crippen molar-refractivity contribution in [3.8, 4) is 45.5 Å². The summed E-state index contributed by atoms with van der Waals surface area (Å²) < 4.78 is 4.62. The average Bonchev–Trinajstić information content (AvgIpc) is 3.79. The summed E-state index contributed by atoms with van der Waals surface area (Å²) >= 11 is 0. The van der Waals surface area contributed by atoms with Gasteiger partial charge in [-0.2, -0.15) is 9.97 Å². The zero-order chi connectivity index (χ0) is 36.7. The Labute approximate surface area is 321 Å². The minimum atomic E-state index is 0.588. The van der Waals surface area contributed by atoms with Gasteiger partial charge in [0.2, 0.25) is 5.95 Å². The minimum Gasteiger partial charge on any atom is -0.309 e. The number of hydrogen-bond donors (Lipinski definition) is 0. The molecule has 0 unspecified atom stereocenters. The summed E-state index contributed by atoms with van der Waals surface area (Å²) in [7, 11) is 0. The highest BCUT2D eigenvalue weighted by atomic mass is 15.2. The van der Waals surface area contributed by atoms with Crippen LogP contribution in [0.25, 0.3) is 111 Å². The highest BCUT2D eigenvalue weighted by molar-refractivity contribution is 6.27. The second-order valence-electron chi connectivity index (χ2n) is 14.5. The van der Waals surface area contributed by atoms with Crippen LogP contribution < -0.4 is 0 Å². The first-order valence-electron chi connectivity index (χ1n) is 19.0. The monoisotopic (exact) mass is 713 g/mol. The second-order valence-corrected chi connectivity index (χ2v) is 14.5. The molecule has 56 heavy (non-hydrogen) atoms. The van der Waals surface area contributed by atoms with E-state index in [4.69, 9.17) is 15.0 Å². The summed E-state index contributed by atoms with van der Waals surface area (Å²) in [4.78, 5) is 15.2. The van der Waals surface area contributed by atoms with Crippen molar-refractivity contribution in [3.63, 3.8) is 0 Å². The number of nitrogens with zero attached hydrogens (tertiary/aromatic N) is 5. The summed E-state index contributed by atoms with van der Waals surface area (Å²) in [5.41, 5.74) is 9.94. The van der Waals surface area contributed by atoms with Gasteiger partial charge >= 0.3 is 0 Å². The van der Waals surface area contributed by atoms with Crippen molar-refractivity contribution in [2.45, 2.75) is 0 Å². The molecule has 0 saturated carbocycles. The Kier molecular flexibility index (Phi) is 6.56. The van der Waals surface area contributed by atoms with E-state index in [1.165, 1.54) is 60.2 Å². The fraction of sp³-hybridized carbons (Fsp3) is 0. The molecule has 5 heteroatoms. The summed E-state index contributed by atoms with van der Waals surface area (Å²) in [5, 5.41) is 9.85. The third-order valence-electron chi connectivity index (χ3n) is 11.3. The normalized spacial score (nSPS) is 11.9. The van der Waals surface area contributed by atoms with Gasteiger partial charge in [0, 0.05) is 38.4 Å². The third-order valence-corrected chi connectivity index (χ3v) is 11.3. The van der Waals surface area contributed by atoms with Gasteiger partial charge in [-0.3, -0.25) is 4.57 Å². The van der Waals surface area contributed by atoms with Crippen molar-refractivity contribution in [2.24, 2.45) is 0 Å². The molecule has 5 nitrogen and oxygen atoms in total. The van der Waals surface area contributed by atoms with Crippen molar-refractivity contribution >= 4 is 65.2 Å². The summed E-state index contributed by atoms with van der Waals surface area (Å²) in [6, 6.07) is 66.9. The molecule has 0 amide bonds. The largest absolute Gasteiger partial charge is 0.309 e. The maximum atomic E-state index is 5.12. The molecule has 0 aliphatic carbocycles. The van der Waals surface area contributed by atoms with Crippen LogP contribution in [0.3, 0.4) is 0 Å². The lowest BCUT2D eigenvalue weighted by Gasteiger charge is -2.12. The van der Waals surface area contributed by atoms with E-state index in [0.717, 1.165) is 32.9 Å². The molecule has 260 valence electrons. The fourth-order valence-corrected chi connectivity index (χ4v) is 8.79. The summed E-state index contributed by atoms with van der Waals surface area (Å²) in [5.74, 6) is 1.86. The molecule has 12 rings (SSSR count). The van der Waals surface area contributed by atoms with Crippen LogP contribution in [0, 0.1) is 0 Å². The first-order chi connectivity index (χ1) is 27.8. The Morgan fingerprint density at radius 1 is 0.321 bits per heavy atom.